The Morgan fingerprint density at radius 1 is 1.72 bits per heavy atom. The van der Waals surface area contributed by atoms with Crippen LogP contribution < -0.4 is 11.2 Å². The highest BCUT2D eigenvalue weighted by molar-refractivity contribution is 7.80. The maximum absolute atomic E-state index is 11.8. The van der Waals surface area contributed by atoms with Gasteiger partial charge < -0.3 is 10.5 Å². The Kier molecular flexibility index (Phi) is 5.07. The van der Waals surface area contributed by atoms with Crippen molar-refractivity contribution >= 4 is 29.0 Å². The van der Waals surface area contributed by atoms with Crippen molar-refractivity contribution in [2.45, 2.75) is 52.1 Å². The Morgan fingerprint density at radius 3 is 2.94 bits per heavy atom. The van der Waals surface area contributed by atoms with E-state index in [1.807, 2.05) is 6.92 Å². The zero-order valence-electron chi connectivity index (χ0n) is 11.2. The number of esters is 1. The normalized spacial score (nSPS) is 28.1. The lowest BCUT2D eigenvalue weighted by atomic mass is 9.89. The Bertz CT molecular complexity index is 370. The van der Waals surface area contributed by atoms with Crippen molar-refractivity contribution in [1.82, 2.24) is 5.43 Å². The van der Waals surface area contributed by atoms with Gasteiger partial charge in [-0.25, -0.2) is 0 Å². The van der Waals surface area contributed by atoms with Crippen LogP contribution in [0.1, 0.15) is 46.5 Å². The number of hydrogen-bond acceptors (Lipinski definition) is 4. The summed E-state index contributed by atoms with van der Waals surface area (Å²) in [5.41, 5.74) is 7.87. The van der Waals surface area contributed by atoms with Crippen LogP contribution in [-0.4, -0.2) is 22.4 Å². The molecule has 1 fully saturated rings. The number of cyclic esters (lactones) is 1. The molecule has 0 aromatic heterocycles. The second kappa shape index (κ2) is 6.13. The summed E-state index contributed by atoms with van der Waals surface area (Å²) in [6.07, 6.45) is 3.66. The largest absolute Gasteiger partial charge is 0.453 e. The molecule has 0 radical (unpaired) electrons. The summed E-state index contributed by atoms with van der Waals surface area (Å²) in [5, 5.41) is 4.15. The van der Waals surface area contributed by atoms with Gasteiger partial charge >= 0.3 is 5.97 Å². The second-order valence-electron chi connectivity index (χ2n) is 4.87. The van der Waals surface area contributed by atoms with E-state index in [2.05, 4.69) is 29.7 Å². The molecule has 5 nitrogen and oxygen atoms in total. The summed E-state index contributed by atoms with van der Waals surface area (Å²) in [6, 6.07) is 0. The minimum atomic E-state index is -0.646. The molecule has 1 rings (SSSR count). The number of hydrogen-bond donors (Lipinski definition) is 2. The number of thiocarbonyl (C=S) groups is 1. The van der Waals surface area contributed by atoms with Gasteiger partial charge in [-0.2, -0.15) is 5.10 Å². The van der Waals surface area contributed by atoms with Crippen molar-refractivity contribution < 1.29 is 9.53 Å². The molecule has 0 amide bonds. The number of carbonyl (C=O) groups excluding carboxylic acids is 1. The van der Waals surface area contributed by atoms with Crippen molar-refractivity contribution in [1.29, 1.82) is 0 Å². The predicted molar refractivity (Wildman–Crippen MR) is 75.2 cm³/mol. The minimum absolute atomic E-state index is 0.0232. The molecule has 0 saturated carbocycles. The van der Waals surface area contributed by atoms with E-state index in [1.165, 1.54) is 0 Å². The van der Waals surface area contributed by atoms with E-state index >= 15 is 0 Å². The first-order chi connectivity index (χ1) is 8.39. The van der Waals surface area contributed by atoms with Gasteiger partial charge in [-0.3, -0.25) is 10.2 Å². The number of nitrogens with zero attached hydrogens (tertiary/aromatic N) is 1. The molecule has 1 saturated heterocycles. The SMILES string of the molecule is CCCC[C@@H]1C[C@@](C)(/C(C)=N/NC(N)=S)OC1=O. The van der Waals surface area contributed by atoms with Gasteiger partial charge in [-0.05, 0) is 32.5 Å². The summed E-state index contributed by atoms with van der Waals surface area (Å²) in [6.45, 7) is 5.79. The zero-order valence-corrected chi connectivity index (χ0v) is 12.0. The average molecular weight is 271 g/mol. The molecule has 0 aromatic rings. The van der Waals surface area contributed by atoms with Crippen LogP contribution >= 0.6 is 12.2 Å². The van der Waals surface area contributed by atoms with Gasteiger partial charge in [0, 0.05) is 6.42 Å². The van der Waals surface area contributed by atoms with Crippen LogP contribution in [-0.2, 0) is 9.53 Å². The number of carbonyl (C=O) groups is 1. The molecule has 2 atom stereocenters. The Balaban J connectivity index is 2.68. The lowest BCUT2D eigenvalue weighted by Crippen LogP contribution is -2.36. The molecule has 0 bridgehead atoms. The first kappa shape index (κ1) is 14.9. The standard InChI is InChI=1S/C12H21N3O2S/c1-4-5-6-9-7-12(3,17-10(9)16)8(2)14-15-11(13)18/h9H,4-7H2,1-3H3,(H3,13,15,18)/b14-8+/t9-,12+/m1/s1. The summed E-state index contributed by atoms with van der Waals surface area (Å²) in [7, 11) is 0. The van der Waals surface area contributed by atoms with E-state index in [0.29, 0.717) is 12.1 Å². The monoisotopic (exact) mass is 271 g/mol. The van der Waals surface area contributed by atoms with E-state index < -0.39 is 5.60 Å². The molecule has 1 heterocycles. The zero-order chi connectivity index (χ0) is 13.8. The molecule has 0 unspecified atom stereocenters. The summed E-state index contributed by atoms with van der Waals surface area (Å²) in [5.74, 6) is -0.152. The Morgan fingerprint density at radius 2 is 2.39 bits per heavy atom. The summed E-state index contributed by atoms with van der Waals surface area (Å²) in [4.78, 5) is 11.8. The maximum atomic E-state index is 11.8. The fraction of sp³-hybridized carbons (Fsp3) is 0.750. The van der Waals surface area contributed by atoms with Crippen LogP contribution in [0.25, 0.3) is 0 Å². The van der Waals surface area contributed by atoms with E-state index in [9.17, 15) is 4.79 Å². The van der Waals surface area contributed by atoms with Crippen LogP contribution in [0.3, 0.4) is 0 Å². The predicted octanol–water partition coefficient (Wildman–Crippen LogP) is 1.71. The minimum Gasteiger partial charge on any atom is -0.453 e. The highest BCUT2D eigenvalue weighted by atomic mass is 32.1. The van der Waals surface area contributed by atoms with E-state index in [1.54, 1.807) is 6.92 Å². The molecular formula is C12H21N3O2S. The Hall–Kier alpha value is -1.17. The lowest BCUT2D eigenvalue weighted by molar-refractivity contribution is -0.146. The molecular weight excluding hydrogens is 250 g/mol. The van der Waals surface area contributed by atoms with Crippen molar-refractivity contribution in [3.05, 3.63) is 0 Å². The summed E-state index contributed by atoms with van der Waals surface area (Å²) >= 11 is 4.68. The first-order valence-corrected chi connectivity index (χ1v) is 6.63. The first-order valence-electron chi connectivity index (χ1n) is 6.22. The number of nitrogens with one attached hydrogen (secondary N) is 1. The van der Waals surface area contributed by atoms with Crippen molar-refractivity contribution in [3.8, 4) is 0 Å². The van der Waals surface area contributed by atoms with E-state index in [-0.39, 0.29) is 17.0 Å². The van der Waals surface area contributed by atoms with Gasteiger partial charge in [0.05, 0.1) is 11.6 Å². The van der Waals surface area contributed by atoms with Gasteiger partial charge in [0.25, 0.3) is 0 Å². The third-order valence-corrected chi connectivity index (χ3v) is 3.39. The molecule has 0 aliphatic carbocycles. The topological polar surface area (TPSA) is 76.7 Å². The average Bonchev–Trinajstić information content (AvgIpc) is 2.59. The summed E-state index contributed by atoms with van der Waals surface area (Å²) < 4.78 is 5.46. The molecule has 1 aliphatic heterocycles. The molecule has 0 aromatic carbocycles. The smallest absolute Gasteiger partial charge is 0.310 e. The third kappa shape index (κ3) is 3.66. The number of unbranched alkanes of at least 4 members (excludes halogenated alkanes) is 1. The molecule has 3 N–H and O–H groups in total. The second-order valence-corrected chi connectivity index (χ2v) is 5.31. The highest BCUT2D eigenvalue weighted by Crippen LogP contribution is 2.34. The van der Waals surface area contributed by atoms with Gasteiger partial charge in [0.1, 0.15) is 5.60 Å². The van der Waals surface area contributed by atoms with Crippen molar-refractivity contribution in [2.75, 3.05) is 0 Å². The molecule has 0 spiro atoms. The van der Waals surface area contributed by atoms with Gasteiger partial charge in [-0.15, -0.1) is 0 Å². The van der Waals surface area contributed by atoms with Crippen LogP contribution in [0.15, 0.2) is 5.10 Å². The quantitative estimate of drug-likeness (QED) is 0.344. The number of hydrazone groups is 1. The lowest BCUT2D eigenvalue weighted by Gasteiger charge is -2.22. The van der Waals surface area contributed by atoms with Crippen LogP contribution in [0, 0.1) is 5.92 Å². The van der Waals surface area contributed by atoms with E-state index in [4.69, 9.17) is 10.5 Å². The number of ether oxygens (including phenoxy) is 1. The maximum Gasteiger partial charge on any atom is 0.310 e. The Labute approximate surface area is 113 Å². The fourth-order valence-corrected chi connectivity index (χ4v) is 2.10. The van der Waals surface area contributed by atoms with Crippen molar-refractivity contribution in [2.24, 2.45) is 16.8 Å². The van der Waals surface area contributed by atoms with Crippen LogP contribution in [0.2, 0.25) is 0 Å². The van der Waals surface area contributed by atoms with Crippen LogP contribution in [0.5, 0.6) is 0 Å². The third-order valence-electron chi connectivity index (χ3n) is 3.30. The van der Waals surface area contributed by atoms with E-state index in [0.717, 1.165) is 19.3 Å². The number of rotatable bonds is 5. The highest BCUT2D eigenvalue weighted by Gasteiger charge is 2.45. The van der Waals surface area contributed by atoms with Gasteiger partial charge in [0.15, 0.2) is 5.11 Å². The molecule has 102 valence electrons. The van der Waals surface area contributed by atoms with Crippen LogP contribution in [0.4, 0.5) is 0 Å². The van der Waals surface area contributed by atoms with Gasteiger partial charge in [-0.1, -0.05) is 19.8 Å². The molecule has 1 aliphatic rings. The van der Waals surface area contributed by atoms with Crippen molar-refractivity contribution in [3.63, 3.8) is 0 Å². The molecule has 6 heteroatoms. The van der Waals surface area contributed by atoms with Gasteiger partial charge in [0.2, 0.25) is 0 Å². The fourth-order valence-electron chi connectivity index (χ4n) is 2.05. The molecule has 18 heavy (non-hydrogen) atoms. The number of nitrogens with two attached hydrogens (primary N) is 1.